The predicted octanol–water partition coefficient (Wildman–Crippen LogP) is 2.49. The molecule has 0 bridgehead atoms. The molecule has 4 heteroatoms. The largest absolute Gasteiger partial charge is 0.502 e. The minimum Gasteiger partial charge on any atom is -0.502 e. The molecule has 0 unspecified atom stereocenters. The zero-order valence-electron chi connectivity index (χ0n) is 11.2. The Morgan fingerprint density at radius 1 is 1.26 bits per heavy atom. The van der Waals surface area contributed by atoms with Gasteiger partial charge in [-0.05, 0) is 30.7 Å². The van der Waals surface area contributed by atoms with Crippen LogP contribution in [0.3, 0.4) is 0 Å². The minimum atomic E-state index is 0.706. The Balaban J connectivity index is 1.78. The van der Waals surface area contributed by atoms with Crippen LogP contribution in [0.4, 0.5) is 0 Å². The van der Waals surface area contributed by atoms with Crippen LogP contribution in [0.1, 0.15) is 18.4 Å². The number of rotatable bonds is 7. The van der Waals surface area contributed by atoms with Crippen molar-refractivity contribution >= 4 is 0 Å². The Bertz CT molecular complexity index is 406. The number of hydrogen-bond donors (Lipinski definition) is 1. The summed E-state index contributed by atoms with van der Waals surface area (Å²) in [5.41, 5.74) is 1.20. The molecule has 0 saturated carbocycles. The van der Waals surface area contributed by atoms with Gasteiger partial charge in [-0.2, -0.15) is 0 Å². The lowest BCUT2D eigenvalue weighted by molar-refractivity contribution is 0.244. The lowest BCUT2D eigenvalue weighted by Crippen LogP contribution is -2.16. The van der Waals surface area contributed by atoms with Gasteiger partial charge in [-0.15, -0.1) is 0 Å². The molecular formula is C15H21NO3. The van der Waals surface area contributed by atoms with E-state index < -0.39 is 0 Å². The average molecular weight is 263 g/mol. The van der Waals surface area contributed by atoms with E-state index in [0.717, 1.165) is 50.6 Å². The number of fused-ring (bicyclic) bond motifs is 1. The summed E-state index contributed by atoms with van der Waals surface area (Å²) in [4.78, 5) is 0. The quantitative estimate of drug-likeness (QED) is 0.606. The molecule has 1 aliphatic rings. The van der Waals surface area contributed by atoms with Gasteiger partial charge in [0.15, 0.2) is 11.5 Å². The molecule has 0 aromatic heterocycles. The third kappa shape index (κ3) is 4.48. The summed E-state index contributed by atoms with van der Waals surface area (Å²) in [5, 5.41) is 3.37. The third-order valence-electron chi connectivity index (χ3n) is 2.87. The van der Waals surface area contributed by atoms with E-state index in [0.29, 0.717) is 6.61 Å². The molecule has 0 fully saturated rings. The highest BCUT2D eigenvalue weighted by Gasteiger charge is 2.10. The van der Waals surface area contributed by atoms with Crippen molar-refractivity contribution in [3.8, 4) is 11.5 Å². The molecule has 0 saturated heterocycles. The van der Waals surface area contributed by atoms with E-state index in [9.17, 15) is 0 Å². The highest BCUT2D eigenvalue weighted by atomic mass is 16.5. The molecule has 2 rings (SSSR count). The van der Waals surface area contributed by atoms with Crippen LogP contribution in [0, 0.1) is 0 Å². The maximum absolute atomic E-state index is 5.66. The zero-order valence-corrected chi connectivity index (χ0v) is 11.2. The lowest BCUT2D eigenvalue weighted by Gasteiger charge is -2.10. The topological polar surface area (TPSA) is 39.7 Å². The highest BCUT2D eigenvalue weighted by Crippen LogP contribution is 2.30. The number of ether oxygens (including phenoxy) is 3. The van der Waals surface area contributed by atoms with Crippen LogP contribution in [-0.4, -0.2) is 26.4 Å². The van der Waals surface area contributed by atoms with Gasteiger partial charge >= 0.3 is 0 Å². The van der Waals surface area contributed by atoms with Crippen LogP contribution in [0.5, 0.6) is 11.5 Å². The van der Waals surface area contributed by atoms with E-state index >= 15 is 0 Å². The van der Waals surface area contributed by atoms with Gasteiger partial charge < -0.3 is 19.5 Å². The van der Waals surface area contributed by atoms with Crippen molar-refractivity contribution in [2.45, 2.75) is 19.4 Å². The molecule has 1 aliphatic heterocycles. The minimum absolute atomic E-state index is 0.706. The van der Waals surface area contributed by atoms with E-state index in [1.807, 2.05) is 12.1 Å². The molecule has 19 heavy (non-hydrogen) atoms. The maximum Gasteiger partial charge on any atom is 0.161 e. The number of benzene rings is 1. The number of nitrogens with one attached hydrogen (secondary N) is 1. The van der Waals surface area contributed by atoms with Gasteiger partial charge in [0, 0.05) is 13.0 Å². The first-order valence-electron chi connectivity index (χ1n) is 6.72. The maximum atomic E-state index is 5.66. The summed E-state index contributed by atoms with van der Waals surface area (Å²) in [6, 6.07) is 6.10. The van der Waals surface area contributed by atoms with E-state index in [1.165, 1.54) is 11.8 Å². The molecular weight excluding hydrogens is 242 g/mol. The van der Waals surface area contributed by atoms with Crippen LogP contribution >= 0.6 is 0 Å². The van der Waals surface area contributed by atoms with Crippen LogP contribution in [0.15, 0.2) is 31.0 Å². The predicted molar refractivity (Wildman–Crippen MR) is 74.5 cm³/mol. The molecule has 1 aromatic carbocycles. The van der Waals surface area contributed by atoms with Gasteiger partial charge in [-0.1, -0.05) is 12.6 Å². The van der Waals surface area contributed by atoms with E-state index in [1.54, 1.807) is 0 Å². The van der Waals surface area contributed by atoms with Crippen molar-refractivity contribution in [1.29, 1.82) is 0 Å². The molecule has 0 atom stereocenters. The third-order valence-corrected chi connectivity index (χ3v) is 2.87. The van der Waals surface area contributed by atoms with Gasteiger partial charge in [0.2, 0.25) is 0 Å². The fourth-order valence-corrected chi connectivity index (χ4v) is 1.91. The summed E-state index contributed by atoms with van der Waals surface area (Å²) in [6.45, 7) is 7.41. The van der Waals surface area contributed by atoms with Crippen LogP contribution in [-0.2, 0) is 11.3 Å². The summed E-state index contributed by atoms with van der Waals surface area (Å²) in [5.74, 6) is 1.70. The first kappa shape index (κ1) is 13.7. The SMILES string of the molecule is C=COCCCNCc1ccc2c(c1)OCCCO2. The van der Waals surface area contributed by atoms with Crippen LogP contribution in [0.2, 0.25) is 0 Å². The van der Waals surface area contributed by atoms with E-state index in [4.69, 9.17) is 14.2 Å². The first-order chi connectivity index (χ1) is 9.40. The summed E-state index contributed by atoms with van der Waals surface area (Å²) < 4.78 is 16.3. The molecule has 4 nitrogen and oxygen atoms in total. The normalized spacial score (nSPS) is 13.7. The van der Waals surface area contributed by atoms with Gasteiger partial charge in [0.05, 0.1) is 26.1 Å². The molecule has 1 N–H and O–H groups in total. The van der Waals surface area contributed by atoms with E-state index in [2.05, 4.69) is 18.0 Å². The van der Waals surface area contributed by atoms with Crippen LogP contribution in [0.25, 0.3) is 0 Å². The van der Waals surface area contributed by atoms with Gasteiger partial charge in [-0.3, -0.25) is 0 Å². The lowest BCUT2D eigenvalue weighted by atomic mass is 10.2. The fraction of sp³-hybridized carbons (Fsp3) is 0.467. The molecule has 1 aromatic rings. The molecule has 0 spiro atoms. The van der Waals surface area contributed by atoms with Gasteiger partial charge in [-0.25, -0.2) is 0 Å². The second kappa shape index (κ2) is 7.69. The Labute approximate surface area is 114 Å². The highest BCUT2D eigenvalue weighted by molar-refractivity contribution is 5.43. The molecule has 0 aliphatic carbocycles. The van der Waals surface area contributed by atoms with Crippen molar-refractivity contribution in [3.63, 3.8) is 0 Å². The molecule has 104 valence electrons. The zero-order chi connectivity index (χ0) is 13.3. The Morgan fingerprint density at radius 2 is 2.11 bits per heavy atom. The van der Waals surface area contributed by atoms with Crippen molar-refractivity contribution in [2.24, 2.45) is 0 Å². The number of hydrogen-bond acceptors (Lipinski definition) is 4. The Kier molecular flexibility index (Phi) is 5.56. The average Bonchev–Trinajstić information content (AvgIpc) is 2.67. The van der Waals surface area contributed by atoms with Crippen molar-refractivity contribution < 1.29 is 14.2 Å². The summed E-state index contributed by atoms with van der Waals surface area (Å²) in [7, 11) is 0. The van der Waals surface area contributed by atoms with Gasteiger partial charge in [0.1, 0.15) is 0 Å². The monoisotopic (exact) mass is 263 g/mol. The van der Waals surface area contributed by atoms with Crippen molar-refractivity contribution in [2.75, 3.05) is 26.4 Å². The first-order valence-corrected chi connectivity index (χ1v) is 6.72. The van der Waals surface area contributed by atoms with Crippen LogP contribution < -0.4 is 14.8 Å². The smallest absolute Gasteiger partial charge is 0.161 e. The molecule has 0 amide bonds. The fourth-order valence-electron chi connectivity index (χ4n) is 1.91. The molecule has 1 heterocycles. The van der Waals surface area contributed by atoms with Crippen molar-refractivity contribution in [3.05, 3.63) is 36.6 Å². The van der Waals surface area contributed by atoms with Crippen molar-refractivity contribution in [1.82, 2.24) is 5.32 Å². The second-order valence-electron chi connectivity index (χ2n) is 4.40. The van der Waals surface area contributed by atoms with Gasteiger partial charge in [0.25, 0.3) is 0 Å². The summed E-state index contributed by atoms with van der Waals surface area (Å²) in [6.07, 6.45) is 3.38. The Hall–Kier alpha value is -1.68. The standard InChI is InChI=1S/C15H21NO3/c1-2-17-8-3-7-16-12-13-5-6-14-15(11-13)19-10-4-9-18-14/h2,5-6,11,16H,1,3-4,7-10,12H2. The Morgan fingerprint density at radius 3 is 2.95 bits per heavy atom. The summed E-state index contributed by atoms with van der Waals surface area (Å²) >= 11 is 0. The van der Waals surface area contributed by atoms with E-state index in [-0.39, 0.29) is 0 Å². The molecule has 0 radical (unpaired) electrons. The second-order valence-corrected chi connectivity index (χ2v) is 4.40.